The Labute approximate surface area is 111 Å². The molecule has 0 unspecified atom stereocenters. The van der Waals surface area contributed by atoms with Crippen LogP contribution >= 0.6 is 0 Å². The van der Waals surface area contributed by atoms with Crippen molar-refractivity contribution in [3.05, 3.63) is 59.7 Å². The van der Waals surface area contributed by atoms with Gasteiger partial charge in [-0.1, -0.05) is 6.07 Å². The van der Waals surface area contributed by atoms with Crippen LogP contribution in [0.5, 0.6) is 0 Å². The second-order valence-corrected chi connectivity index (χ2v) is 4.40. The van der Waals surface area contributed by atoms with Crippen molar-refractivity contribution in [2.75, 3.05) is 11.9 Å². The Kier molecular flexibility index (Phi) is 3.90. The molecule has 2 rings (SSSR count). The van der Waals surface area contributed by atoms with Crippen molar-refractivity contribution in [2.45, 2.75) is 13.5 Å². The molecule has 0 fully saturated rings. The number of benzene rings is 1. The number of aromatic nitrogens is 1. The van der Waals surface area contributed by atoms with Gasteiger partial charge in [0.25, 0.3) is 0 Å². The molecule has 0 aliphatic rings. The van der Waals surface area contributed by atoms with Gasteiger partial charge in [0.2, 0.25) is 0 Å². The summed E-state index contributed by atoms with van der Waals surface area (Å²) >= 11 is 0. The van der Waals surface area contributed by atoms with E-state index in [1.54, 1.807) is 30.3 Å². The van der Waals surface area contributed by atoms with E-state index in [9.17, 15) is 9.18 Å². The molecule has 1 aromatic carbocycles. The second-order valence-electron chi connectivity index (χ2n) is 4.40. The molecule has 98 valence electrons. The minimum absolute atomic E-state index is 0.141. The van der Waals surface area contributed by atoms with E-state index in [1.807, 2.05) is 18.2 Å². The van der Waals surface area contributed by atoms with E-state index in [-0.39, 0.29) is 5.78 Å². The van der Waals surface area contributed by atoms with Crippen molar-refractivity contribution in [3.8, 4) is 0 Å². The first-order chi connectivity index (χ1) is 9.08. The smallest absolute Gasteiger partial charge is 0.159 e. The maximum atomic E-state index is 13.9. The third-order valence-corrected chi connectivity index (χ3v) is 2.89. The Hall–Kier alpha value is -2.23. The predicted molar refractivity (Wildman–Crippen MR) is 72.7 cm³/mol. The summed E-state index contributed by atoms with van der Waals surface area (Å²) in [6, 6.07) is 10.1. The highest BCUT2D eigenvalue weighted by Gasteiger charge is 2.10. The predicted octanol–water partition coefficient (Wildman–Crippen LogP) is 3.06. The maximum absolute atomic E-state index is 13.9. The van der Waals surface area contributed by atoms with Crippen molar-refractivity contribution in [1.82, 2.24) is 4.98 Å². The monoisotopic (exact) mass is 258 g/mol. The molecule has 19 heavy (non-hydrogen) atoms. The standard InChI is InChI=1S/C15H15FN2O/c1-11(19)12-6-7-15(14(16)9-12)18(2)10-13-5-3-4-8-17-13/h3-9H,10H2,1-2H3. The summed E-state index contributed by atoms with van der Waals surface area (Å²) in [6.45, 7) is 1.93. The number of hydrogen-bond donors (Lipinski definition) is 0. The molecule has 0 aliphatic heterocycles. The largest absolute Gasteiger partial charge is 0.366 e. The van der Waals surface area contributed by atoms with Crippen LogP contribution in [0.3, 0.4) is 0 Å². The fourth-order valence-corrected chi connectivity index (χ4v) is 1.86. The van der Waals surface area contributed by atoms with Crippen LogP contribution in [0.25, 0.3) is 0 Å². The van der Waals surface area contributed by atoms with Gasteiger partial charge >= 0.3 is 0 Å². The van der Waals surface area contributed by atoms with Crippen LogP contribution < -0.4 is 4.90 Å². The van der Waals surface area contributed by atoms with Gasteiger partial charge in [-0.05, 0) is 37.3 Å². The van der Waals surface area contributed by atoms with Gasteiger partial charge in [0, 0.05) is 18.8 Å². The Balaban J connectivity index is 2.20. The van der Waals surface area contributed by atoms with Crippen LogP contribution in [-0.2, 0) is 6.54 Å². The summed E-state index contributed by atoms with van der Waals surface area (Å²) < 4.78 is 13.9. The van der Waals surface area contributed by atoms with E-state index >= 15 is 0 Å². The molecule has 3 nitrogen and oxygen atoms in total. The van der Waals surface area contributed by atoms with Crippen LogP contribution in [0.2, 0.25) is 0 Å². The number of pyridine rings is 1. The lowest BCUT2D eigenvalue weighted by Gasteiger charge is -2.19. The van der Waals surface area contributed by atoms with Crippen molar-refractivity contribution >= 4 is 11.5 Å². The van der Waals surface area contributed by atoms with E-state index in [0.717, 1.165) is 5.69 Å². The lowest BCUT2D eigenvalue weighted by Crippen LogP contribution is -2.18. The number of rotatable bonds is 4. The molecule has 0 radical (unpaired) electrons. The number of halogens is 1. The average molecular weight is 258 g/mol. The minimum Gasteiger partial charge on any atom is -0.366 e. The highest BCUT2D eigenvalue weighted by atomic mass is 19.1. The molecule has 4 heteroatoms. The average Bonchev–Trinajstić information content (AvgIpc) is 2.39. The van der Waals surface area contributed by atoms with E-state index in [0.29, 0.717) is 17.8 Å². The van der Waals surface area contributed by atoms with Crippen LogP contribution in [0, 0.1) is 5.82 Å². The van der Waals surface area contributed by atoms with Crippen LogP contribution in [0.1, 0.15) is 23.0 Å². The number of carbonyl (C=O) groups is 1. The first-order valence-electron chi connectivity index (χ1n) is 5.99. The van der Waals surface area contributed by atoms with Crippen LogP contribution in [0.15, 0.2) is 42.6 Å². The Morgan fingerprint density at radius 2 is 2.11 bits per heavy atom. The fraction of sp³-hybridized carbons (Fsp3) is 0.200. The van der Waals surface area contributed by atoms with E-state index < -0.39 is 5.82 Å². The van der Waals surface area contributed by atoms with Crippen molar-refractivity contribution in [1.29, 1.82) is 0 Å². The first-order valence-corrected chi connectivity index (χ1v) is 5.99. The lowest BCUT2D eigenvalue weighted by atomic mass is 10.1. The second kappa shape index (κ2) is 5.61. The summed E-state index contributed by atoms with van der Waals surface area (Å²) in [5, 5.41) is 0. The molecule has 1 heterocycles. The van der Waals surface area contributed by atoms with Crippen molar-refractivity contribution < 1.29 is 9.18 Å². The molecule has 0 bridgehead atoms. The highest BCUT2D eigenvalue weighted by molar-refractivity contribution is 5.94. The maximum Gasteiger partial charge on any atom is 0.159 e. The van der Waals surface area contributed by atoms with Gasteiger partial charge in [-0.25, -0.2) is 4.39 Å². The van der Waals surface area contributed by atoms with Crippen molar-refractivity contribution in [3.63, 3.8) is 0 Å². The summed E-state index contributed by atoms with van der Waals surface area (Å²) in [5.74, 6) is -0.538. The number of nitrogens with zero attached hydrogens (tertiary/aromatic N) is 2. The summed E-state index contributed by atoms with van der Waals surface area (Å²) in [4.78, 5) is 17.1. The SMILES string of the molecule is CC(=O)c1ccc(N(C)Cc2ccccn2)c(F)c1. The third-order valence-electron chi connectivity index (χ3n) is 2.89. The quantitative estimate of drug-likeness (QED) is 0.790. The fourth-order valence-electron chi connectivity index (χ4n) is 1.86. The molecule has 0 N–H and O–H groups in total. The van der Waals surface area contributed by atoms with Gasteiger partial charge in [0.05, 0.1) is 17.9 Å². The summed E-state index contributed by atoms with van der Waals surface area (Å²) in [7, 11) is 1.79. The summed E-state index contributed by atoms with van der Waals surface area (Å²) in [6.07, 6.45) is 1.71. The molecule has 0 atom stereocenters. The lowest BCUT2D eigenvalue weighted by molar-refractivity contribution is 0.101. The minimum atomic E-state index is -0.397. The first kappa shape index (κ1) is 13.2. The van der Waals surface area contributed by atoms with Gasteiger partial charge in [-0.3, -0.25) is 9.78 Å². The summed E-state index contributed by atoms with van der Waals surface area (Å²) in [5.41, 5.74) is 1.70. The number of Topliss-reactive ketones (excluding diaryl/α,β-unsaturated/α-hetero) is 1. The third kappa shape index (κ3) is 3.16. The van der Waals surface area contributed by atoms with E-state index in [4.69, 9.17) is 0 Å². The number of hydrogen-bond acceptors (Lipinski definition) is 3. The highest BCUT2D eigenvalue weighted by Crippen LogP contribution is 2.21. The van der Waals surface area contributed by atoms with Gasteiger partial charge in [-0.2, -0.15) is 0 Å². The molecule has 0 saturated heterocycles. The molecule has 0 aliphatic carbocycles. The zero-order valence-electron chi connectivity index (χ0n) is 10.9. The van der Waals surface area contributed by atoms with Gasteiger partial charge in [0.1, 0.15) is 5.82 Å². The van der Waals surface area contributed by atoms with E-state index in [1.165, 1.54) is 13.0 Å². The molecular weight excluding hydrogens is 243 g/mol. The molecular formula is C15H15FN2O. The molecule has 0 amide bonds. The van der Waals surface area contributed by atoms with Gasteiger partial charge < -0.3 is 4.90 Å². The zero-order chi connectivity index (χ0) is 13.8. The number of ketones is 1. The van der Waals surface area contributed by atoms with Gasteiger partial charge in [-0.15, -0.1) is 0 Å². The molecule has 0 saturated carbocycles. The Morgan fingerprint density at radius 3 is 2.68 bits per heavy atom. The topological polar surface area (TPSA) is 33.2 Å². The van der Waals surface area contributed by atoms with E-state index in [2.05, 4.69) is 4.98 Å². The normalized spacial score (nSPS) is 10.3. The van der Waals surface area contributed by atoms with Crippen LogP contribution in [-0.4, -0.2) is 17.8 Å². The molecule has 0 spiro atoms. The van der Waals surface area contributed by atoms with Crippen molar-refractivity contribution in [2.24, 2.45) is 0 Å². The Morgan fingerprint density at radius 1 is 1.32 bits per heavy atom. The number of anilines is 1. The van der Waals surface area contributed by atoms with Gasteiger partial charge in [0.15, 0.2) is 5.78 Å². The van der Waals surface area contributed by atoms with Crippen LogP contribution in [0.4, 0.5) is 10.1 Å². The Bertz CT molecular complexity index is 584. The zero-order valence-corrected chi connectivity index (χ0v) is 10.9. The number of carbonyl (C=O) groups excluding carboxylic acids is 1. The molecule has 1 aromatic heterocycles. The molecule has 2 aromatic rings.